The summed E-state index contributed by atoms with van der Waals surface area (Å²) in [7, 11) is 3.20. The van der Waals surface area contributed by atoms with Crippen LogP contribution < -0.4 is 14.8 Å². The van der Waals surface area contributed by atoms with Gasteiger partial charge in [0.2, 0.25) is 0 Å². The third-order valence-corrected chi connectivity index (χ3v) is 10.2. The number of thioether (sulfide) groups is 1. The Balaban J connectivity index is 1.23. The fourth-order valence-corrected chi connectivity index (χ4v) is 7.46. The number of carbonyl (C=O) groups excluding carboxylic acids is 2. The fourth-order valence-electron chi connectivity index (χ4n) is 5.26. The summed E-state index contributed by atoms with van der Waals surface area (Å²) in [6.07, 6.45) is 1.28. The number of amides is 2. The SMILES string of the molecule is COc1cccc([C@@H]2CC(c3cccs3)=NN2C(=O)CSc2nnc(CNC(=O)c3cccs3)n2CCc2ccccc2)c1OC. The van der Waals surface area contributed by atoms with Gasteiger partial charge in [-0.2, -0.15) is 5.10 Å². The predicted molar refractivity (Wildman–Crippen MR) is 181 cm³/mol. The number of benzene rings is 2. The molecular formula is C33H32N6O4S3. The van der Waals surface area contributed by atoms with Crippen LogP contribution in [0.4, 0.5) is 0 Å². The standard InChI is InChI=1S/C33H32N6O4S3/c1-42-26-12-6-11-23(31(26)43-2)25-19-24(27-13-7-17-44-27)37-39(25)30(40)21-46-33-36-35-29(20-34-32(41)28-14-8-18-45-28)38(33)16-15-22-9-4-3-5-10-22/h3-14,17-18,25H,15-16,19-21H2,1-2H3,(H,34,41)/t25-/m0/s1. The Kier molecular flexibility index (Phi) is 10.1. The van der Waals surface area contributed by atoms with Crippen molar-refractivity contribution in [2.24, 2.45) is 5.10 Å². The smallest absolute Gasteiger partial charge is 0.261 e. The van der Waals surface area contributed by atoms with Gasteiger partial charge in [0.1, 0.15) is 0 Å². The van der Waals surface area contributed by atoms with E-state index in [-0.39, 0.29) is 30.2 Å². The molecule has 1 atom stereocenters. The molecule has 0 bridgehead atoms. The average molecular weight is 673 g/mol. The molecule has 10 nitrogen and oxygen atoms in total. The largest absolute Gasteiger partial charge is 0.493 e. The van der Waals surface area contributed by atoms with Crippen molar-refractivity contribution in [3.63, 3.8) is 0 Å². The van der Waals surface area contributed by atoms with Gasteiger partial charge in [-0.3, -0.25) is 9.59 Å². The zero-order chi connectivity index (χ0) is 31.9. The number of methoxy groups -OCH3 is 2. The van der Waals surface area contributed by atoms with Crippen LogP contribution in [-0.4, -0.2) is 57.3 Å². The summed E-state index contributed by atoms with van der Waals surface area (Å²) < 4.78 is 13.3. The number of carbonyl (C=O) groups is 2. The first-order valence-corrected chi connectivity index (χ1v) is 17.3. The minimum Gasteiger partial charge on any atom is -0.493 e. The number of thiophene rings is 2. The van der Waals surface area contributed by atoms with Crippen LogP contribution in [0.1, 0.15) is 44.0 Å². The average Bonchev–Trinajstić information content (AvgIpc) is 3.92. The number of nitrogens with one attached hydrogen (secondary N) is 1. The van der Waals surface area contributed by atoms with Gasteiger partial charge in [0.15, 0.2) is 22.5 Å². The summed E-state index contributed by atoms with van der Waals surface area (Å²) in [6, 6.07) is 23.1. The number of aromatic nitrogens is 3. The van der Waals surface area contributed by atoms with Crippen molar-refractivity contribution in [2.75, 3.05) is 20.0 Å². The summed E-state index contributed by atoms with van der Waals surface area (Å²) >= 11 is 4.28. The van der Waals surface area contributed by atoms with E-state index in [9.17, 15) is 9.59 Å². The highest BCUT2D eigenvalue weighted by Crippen LogP contribution is 2.42. The molecule has 46 heavy (non-hydrogen) atoms. The molecule has 0 saturated heterocycles. The topological polar surface area (TPSA) is 111 Å². The van der Waals surface area contributed by atoms with Crippen molar-refractivity contribution in [3.05, 3.63) is 110 Å². The molecule has 1 N–H and O–H groups in total. The molecular weight excluding hydrogens is 641 g/mol. The molecule has 1 aliphatic heterocycles. The normalized spacial score (nSPS) is 14.3. The Morgan fingerprint density at radius 1 is 0.957 bits per heavy atom. The Bertz CT molecular complexity index is 1810. The van der Waals surface area contributed by atoms with Gasteiger partial charge in [-0.15, -0.1) is 32.9 Å². The van der Waals surface area contributed by atoms with E-state index in [0.717, 1.165) is 22.6 Å². The summed E-state index contributed by atoms with van der Waals surface area (Å²) in [5.74, 6) is 1.55. The van der Waals surface area contributed by atoms with Crippen molar-refractivity contribution in [1.29, 1.82) is 0 Å². The van der Waals surface area contributed by atoms with Gasteiger partial charge in [0.25, 0.3) is 11.8 Å². The van der Waals surface area contributed by atoms with Gasteiger partial charge in [0, 0.05) is 18.5 Å². The van der Waals surface area contributed by atoms with Crippen molar-refractivity contribution in [3.8, 4) is 11.5 Å². The summed E-state index contributed by atoms with van der Waals surface area (Å²) in [6.45, 7) is 0.803. The Labute approximate surface area is 279 Å². The minimum absolute atomic E-state index is 0.0923. The maximum absolute atomic E-state index is 13.9. The van der Waals surface area contributed by atoms with E-state index in [1.807, 2.05) is 69.9 Å². The number of hydrogen-bond donors (Lipinski definition) is 1. The lowest BCUT2D eigenvalue weighted by molar-refractivity contribution is -0.130. The highest BCUT2D eigenvalue weighted by molar-refractivity contribution is 7.99. The molecule has 0 spiro atoms. The van der Waals surface area contributed by atoms with Crippen LogP contribution in [0.3, 0.4) is 0 Å². The van der Waals surface area contributed by atoms with Crippen LogP contribution in [0.15, 0.2) is 93.8 Å². The highest BCUT2D eigenvalue weighted by atomic mass is 32.2. The van der Waals surface area contributed by atoms with E-state index in [0.29, 0.717) is 40.3 Å². The minimum atomic E-state index is -0.366. The van der Waals surface area contributed by atoms with Gasteiger partial charge in [-0.1, -0.05) is 66.4 Å². The van der Waals surface area contributed by atoms with Gasteiger partial charge < -0.3 is 19.4 Å². The fraction of sp³-hybridized carbons (Fsp3) is 0.242. The van der Waals surface area contributed by atoms with Crippen LogP contribution >= 0.6 is 34.4 Å². The van der Waals surface area contributed by atoms with E-state index in [1.165, 1.54) is 28.7 Å². The number of rotatable bonds is 13. The molecule has 0 unspecified atom stereocenters. The maximum Gasteiger partial charge on any atom is 0.261 e. The lowest BCUT2D eigenvalue weighted by Gasteiger charge is -2.24. The zero-order valence-corrected chi connectivity index (χ0v) is 27.7. The molecule has 3 aromatic heterocycles. The van der Waals surface area contributed by atoms with Crippen LogP contribution in [0.2, 0.25) is 0 Å². The number of hydrazone groups is 1. The third-order valence-electron chi connectivity index (χ3n) is 7.50. The van der Waals surface area contributed by atoms with Crippen LogP contribution in [-0.2, 0) is 24.3 Å². The summed E-state index contributed by atoms with van der Waals surface area (Å²) in [5.41, 5.74) is 2.84. The third kappa shape index (κ3) is 7.01. The molecule has 2 amide bonds. The Morgan fingerprint density at radius 3 is 2.52 bits per heavy atom. The van der Waals surface area contributed by atoms with Crippen molar-refractivity contribution in [1.82, 2.24) is 25.1 Å². The molecule has 1 aliphatic rings. The van der Waals surface area contributed by atoms with Crippen molar-refractivity contribution < 1.29 is 19.1 Å². The first kappa shape index (κ1) is 31.5. The number of ether oxygens (including phenoxy) is 2. The molecule has 5 aromatic rings. The quantitative estimate of drug-likeness (QED) is 0.151. The molecule has 0 fully saturated rings. The van der Waals surface area contributed by atoms with Crippen LogP contribution in [0, 0.1) is 0 Å². The predicted octanol–water partition coefficient (Wildman–Crippen LogP) is 6.06. The maximum atomic E-state index is 13.9. The number of hydrogen-bond acceptors (Lipinski definition) is 10. The van der Waals surface area contributed by atoms with Crippen LogP contribution in [0.5, 0.6) is 11.5 Å². The van der Waals surface area contributed by atoms with Gasteiger partial charge in [-0.05, 0) is 40.9 Å². The number of para-hydroxylation sites is 1. The lowest BCUT2D eigenvalue weighted by Crippen LogP contribution is -2.29. The van der Waals surface area contributed by atoms with Crippen molar-refractivity contribution in [2.45, 2.75) is 37.1 Å². The summed E-state index contributed by atoms with van der Waals surface area (Å²) in [5, 5.41) is 22.6. The first-order chi connectivity index (χ1) is 22.6. The molecule has 13 heteroatoms. The van der Waals surface area contributed by atoms with E-state index in [2.05, 4.69) is 27.6 Å². The first-order valence-electron chi connectivity index (χ1n) is 14.6. The van der Waals surface area contributed by atoms with E-state index in [1.54, 1.807) is 36.6 Å². The van der Waals surface area contributed by atoms with Gasteiger partial charge in [-0.25, -0.2) is 5.01 Å². The monoisotopic (exact) mass is 672 g/mol. The molecule has 4 heterocycles. The molecule has 2 aromatic carbocycles. The lowest BCUT2D eigenvalue weighted by atomic mass is 9.99. The number of aryl methyl sites for hydroxylation is 1. The second kappa shape index (κ2) is 14.8. The van der Waals surface area contributed by atoms with Gasteiger partial charge in [0.05, 0.1) is 48.0 Å². The van der Waals surface area contributed by atoms with E-state index in [4.69, 9.17) is 14.6 Å². The molecule has 0 aliphatic carbocycles. The highest BCUT2D eigenvalue weighted by Gasteiger charge is 2.36. The van der Waals surface area contributed by atoms with E-state index < -0.39 is 0 Å². The Morgan fingerprint density at radius 2 is 1.78 bits per heavy atom. The second-order valence-corrected chi connectivity index (χ2v) is 13.1. The summed E-state index contributed by atoms with van der Waals surface area (Å²) in [4.78, 5) is 28.2. The molecule has 0 saturated carbocycles. The molecule has 236 valence electrons. The molecule has 6 rings (SSSR count). The second-order valence-electron chi connectivity index (χ2n) is 10.3. The molecule has 0 radical (unpaired) electrons. The van der Waals surface area contributed by atoms with E-state index >= 15 is 0 Å². The van der Waals surface area contributed by atoms with Crippen LogP contribution in [0.25, 0.3) is 0 Å². The zero-order valence-electron chi connectivity index (χ0n) is 25.3. The van der Waals surface area contributed by atoms with Gasteiger partial charge >= 0.3 is 0 Å². The number of nitrogens with zero attached hydrogens (tertiary/aromatic N) is 5. The van der Waals surface area contributed by atoms with Crippen molar-refractivity contribution >= 4 is 52.0 Å². The Hall–Kier alpha value is -4.46.